The summed E-state index contributed by atoms with van der Waals surface area (Å²) in [7, 11) is 1.60. The molecule has 1 N–H and O–H groups in total. The molecule has 1 aromatic carbocycles. The van der Waals surface area contributed by atoms with Gasteiger partial charge in [-0.15, -0.1) is 11.8 Å². The van der Waals surface area contributed by atoms with E-state index in [4.69, 9.17) is 4.74 Å². The molecule has 1 heterocycles. The summed E-state index contributed by atoms with van der Waals surface area (Å²) in [6.45, 7) is 4.39. The van der Waals surface area contributed by atoms with Gasteiger partial charge in [0, 0.05) is 10.1 Å². The highest BCUT2D eigenvalue weighted by molar-refractivity contribution is 7.99. The van der Waals surface area contributed by atoms with Crippen molar-refractivity contribution in [3.63, 3.8) is 0 Å². The Bertz CT molecular complexity index is 476. The number of nitrogens with one attached hydrogen (secondary N) is 1. The van der Waals surface area contributed by atoms with Crippen LogP contribution in [0.2, 0.25) is 0 Å². The van der Waals surface area contributed by atoms with Gasteiger partial charge in [-0.05, 0) is 17.7 Å². The number of H-pyrrole nitrogens is 1. The van der Waals surface area contributed by atoms with Crippen LogP contribution in [0.15, 0.2) is 35.4 Å². The molecule has 17 heavy (non-hydrogen) atoms. The summed E-state index contributed by atoms with van der Waals surface area (Å²) in [4.78, 5) is 8.49. The van der Waals surface area contributed by atoms with E-state index in [1.165, 1.54) is 4.90 Å². The Morgan fingerprint density at radius 1 is 1.24 bits per heavy atom. The molecule has 0 aliphatic heterocycles. The van der Waals surface area contributed by atoms with E-state index in [0.29, 0.717) is 11.3 Å². The first kappa shape index (κ1) is 12.0. The van der Waals surface area contributed by atoms with Crippen molar-refractivity contribution in [2.24, 2.45) is 0 Å². The predicted molar refractivity (Wildman–Crippen MR) is 71.6 cm³/mol. The molecule has 0 fully saturated rings. The summed E-state index contributed by atoms with van der Waals surface area (Å²) in [5.74, 6) is 0. The van der Waals surface area contributed by atoms with E-state index >= 15 is 0 Å². The molecule has 2 rings (SSSR count). The third kappa shape index (κ3) is 3.03. The molecule has 0 radical (unpaired) electrons. The van der Waals surface area contributed by atoms with Crippen LogP contribution in [0.1, 0.15) is 13.8 Å². The molecule has 1 aromatic heterocycles. The van der Waals surface area contributed by atoms with Gasteiger partial charge in [0.25, 0.3) is 6.01 Å². The minimum Gasteiger partial charge on any atom is -0.468 e. The monoisotopic (exact) mass is 248 g/mol. The van der Waals surface area contributed by atoms with Gasteiger partial charge >= 0.3 is 0 Å². The van der Waals surface area contributed by atoms with Crippen LogP contribution in [0, 0.1) is 0 Å². The quantitative estimate of drug-likeness (QED) is 0.840. The summed E-state index contributed by atoms with van der Waals surface area (Å²) in [5.41, 5.74) is 2.09. The van der Waals surface area contributed by atoms with E-state index in [0.717, 1.165) is 11.3 Å². The number of benzene rings is 1. The van der Waals surface area contributed by atoms with E-state index in [9.17, 15) is 0 Å². The molecular weight excluding hydrogens is 232 g/mol. The second-order valence-electron chi connectivity index (χ2n) is 4.00. The van der Waals surface area contributed by atoms with Crippen molar-refractivity contribution in [1.82, 2.24) is 9.97 Å². The van der Waals surface area contributed by atoms with Gasteiger partial charge in [-0.3, -0.25) is 0 Å². The molecule has 3 nitrogen and oxygen atoms in total. The first-order valence-electron chi connectivity index (χ1n) is 5.55. The van der Waals surface area contributed by atoms with Crippen LogP contribution in [0.3, 0.4) is 0 Å². The molecule has 0 unspecified atom stereocenters. The number of methoxy groups -OCH3 is 1. The summed E-state index contributed by atoms with van der Waals surface area (Å²) in [5, 5.41) is 0.605. The standard InChI is InChI=1S/C13H16N2OS/c1-9(2)17-11-6-4-10(5-7-11)12-8-14-13(15-12)16-3/h4-9H,1-3H3,(H,14,15). The van der Waals surface area contributed by atoms with Crippen molar-refractivity contribution >= 4 is 11.8 Å². The van der Waals surface area contributed by atoms with Gasteiger partial charge in [0.05, 0.1) is 19.0 Å². The zero-order valence-electron chi connectivity index (χ0n) is 10.2. The highest BCUT2D eigenvalue weighted by Crippen LogP contribution is 2.26. The molecular formula is C13H16N2OS. The largest absolute Gasteiger partial charge is 0.468 e. The van der Waals surface area contributed by atoms with E-state index < -0.39 is 0 Å². The smallest absolute Gasteiger partial charge is 0.293 e. The zero-order chi connectivity index (χ0) is 12.3. The molecule has 4 heteroatoms. The molecule has 0 aliphatic rings. The maximum Gasteiger partial charge on any atom is 0.293 e. The Kier molecular flexibility index (Phi) is 3.74. The van der Waals surface area contributed by atoms with E-state index in [1.54, 1.807) is 13.3 Å². The Labute approximate surface area is 106 Å². The van der Waals surface area contributed by atoms with Crippen molar-refractivity contribution in [3.05, 3.63) is 30.5 Å². The minimum atomic E-state index is 0.542. The molecule has 0 spiro atoms. The van der Waals surface area contributed by atoms with Crippen LogP contribution in [-0.2, 0) is 0 Å². The van der Waals surface area contributed by atoms with E-state index in [2.05, 4.69) is 48.1 Å². The Morgan fingerprint density at radius 3 is 2.47 bits per heavy atom. The van der Waals surface area contributed by atoms with Crippen LogP contribution in [-0.4, -0.2) is 22.3 Å². The zero-order valence-corrected chi connectivity index (χ0v) is 11.0. The van der Waals surface area contributed by atoms with Crippen molar-refractivity contribution in [3.8, 4) is 17.3 Å². The summed E-state index contributed by atoms with van der Waals surface area (Å²) in [6, 6.07) is 9.00. The fourth-order valence-corrected chi connectivity index (χ4v) is 2.38. The van der Waals surface area contributed by atoms with Crippen LogP contribution in [0.5, 0.6) is 6.01 Å². The van der Waals surface area contributed by atoms with Gasteiger partial charge in [-0.1, -0.05) is 26.0 Å². The van der Waals surface area contributed by atoms with Gasteiger partial charge in [0.1, 0.15) is 0 Å². The number of hydrogen-bond acceptors (Lipinski definition) is 3. The second-order valence-corrected chi connectivity index (χ2v) is 5.65. The fraction of sp³-hybridized carbons (Fsp3) is 0.308. The van der Waals surface area contributed by atoms with Gasteiger partial charge in [-0.2, -0.15) is 0 Å². The third-order valence-electron chi connectivity index (χ3n) is 2.28. The average Bonchev–Trinajstić information content (AvgIpc) is 2.78. The highest BCUT2D eigenvalue weighted by atomic mass is 32.2. The van der Waals surface area contributed by atoms with E-state index in [-0.39, 0.29) is 0 Å². The van der Waals surface area contributed by atoms with Gasteiger partial charge < -0.3 is 9.72 Å². The van der Waals surface area contributed by atoms with Crippen LogP contribution < -0.4 is 4.74 Å². The number of thioether (sulfide) groups is 1. The predicted octanol–water partition coefficient (Wildman–Crippen LogP) is 3.59. The number of imidazole rings is 1. The molecule has 90 valence electrons. The summed E-state index contributed by atoms with van der Waals surface area (Å²) >= 11 is 1.86. The van der Waals surface area contributed by atoms with Crippen molar-refractivity contribution in [2.45, 2.75) is 24.0 Å². The van der Waals surface area contributed by atoms with Crippen molar-refractivity contribution in [2.75, 3.05) is 7.11 Å². The maximum atomic E-state index is 5.02. The maximum absolute atomic E-state index is 5.02. The van der Waals surface area contributed by atoms with Gasteiger partial charge in [0.15, 0.2) is 0 Å². The minimum absolute atomic E-state index is 0.542. The molecule has 0 saturated carbocycles. The molecule has 0 atom stereocenters. The molecule has 0 amide bonds. The Hall–Kier alpha value is -1.42. The number of rotatable bonds is 4. The third-order valence-corrected chi connectivity index (χ3v) is 3.30. The second kappa shape index (κ2) is 5.27. The molecule has 2 aromatic rings. The normalized spacial score (nSPS) is 10.8. The highest BCUT2D eigenvalue weighted by Gasteiger charge is 2.04. The summed E-state index contributed by atoms with van der Waals surface area (Å²) < 4.78 is 5.02. The Morgan fingerprint density at radius 2 is 1.94 bits per heavy atom. The number of ether oxygens (including phenoxy) is 1. The first-order valence-corrected chi connectivity index (χ1v) is 6.43. The Balaban J connectivity index is 2.17. The first-order chi connectivity index (χ1) is 8.19. The lowest BCUT2D eigenvalue weighted by Crippen LogP contribution is -1.86. The van der Waals surface area contributed by atoms with Crippen molar-refractivity contribution < 1.29 is 4.74 Å². The fourth-order valence-electron chi connectivity index (χ4n) is 1.54. The summed E-state index contributed by atoms with van der Waals surface area (Å²) in [6.07, 6.45) is 1.78. The lowest BCUT2D eigenvalue weighted by atomic mass is 10.2. The van der Waals surface area contributed by atoms with Crippen LogP contribution >= 0.6 is 11.8 Å². The van der Waals surface area contributed by atoms with E-state index in [1.807, 2.05) is 11.8 Å². The molecule has 0 bridgehead atoms. The number of nitrogens with zero attached hydrogens (tertiary/aromatic N) is 1. The lowest BCUT2D eigenvalue weighted by molar-refractivity contribution is 0.384. The lowest BCUT2D eigenvalue weighted by Gasteiger charge is -2.05. The molecule has 0 aliphatic carbocycles. The average molecular weight is 248 g/mol. The van der Waals surface area contributed by atoms with Gasteiger partial charge in [0.2, 0.25) is 0 Å². The van der Waals surface area contributed by atoms with Crippen LogP contribution in [0.25, 0.3) is 11.3 Å². The topological polar surface area (TPSA) is 37.9 Å². The number of hydrogen-bond donors (Lipinski definition) is 1. The number of aromatic amines is 1. The number of aromatic nitrogens is 2. The molecule has 0 saturated heterocycles. The van der Waals surface area contributed by atoms with Crippen LogP contribution in [0.4, 0.5) is 0 Å². The van der Waals surface area contributed by atoms with Crippen molar-refractivity contribution in [1.29, 1.82) is 0 Å². The SMILES string of the molecule is COc1ncc(-c2ccc(SC(C)C)cc2)[nH]1. The van der Waals surface area contributed by atoms with Gasteiger partial charge in [-0.25, -0.2) is 4.98 Å².